The number of halogens is 3. The molecule has 8 heteroatoms. The van der Waals surface area contributed by atoms with Crippen molar-refractivity contribution in [2.75, 3.05) is 0 Å². The lowest BCUT2D eigenvalue weighted by Crippen LogP contribution is -2.55. The van der Waals surface area contributed by atoms with Crippen molar-refractivity contribution in [3.63, 3.8) is 0 Å². The van der Waals surface area contributed by atoms with Crippen LogP contribution in [0.15, 0.2) is 36.4 Å². The minimum Gasteiger partial charge on any atom is -0.368 e. The number of carbonyl (C=O) groups is 2. The van der Waals surface area contributed by atoms with Crippen LogP contribution >= 0.6 is 0 Å². The molecule has 5 nitrogen and oxygen atoms in total. The first kappa shape index (κ1) is 21.0. The summed E-state index contributed by atoms with van der Waals surface area (Å²) in [5.74, 6) is -3.25. The van der Waals surface area contributed by atoms with Gasteiger partial charge in [-0.1, -0.05) is 0 Å². The molecule has 1 fully saturated rings. The molecule has 1 aliphatic carbocycles. The Balaban J connectivity index is 1.68. The van der Waals surface area contributed by atoms with Gasteiger partial charge in [-0.3, -0.25) is 9.59 Å². The standard InChI is InChI=1S/C23H22F3N3O2/c1-23(2,22(27)31)29-21(30)13-7-12(8-13)18-16-9-15(25)10-17(26)20(16)28-19(18)11-3-5-14(24)6-4-11/h3-6,9-10,12-13,28H,7-8H2,1-2H3,(H2,27,31)(H,29,30)/t12-,13-. The molecular formula is C23H22F3N3O2. The van der Waals surface area contributed by atoms with Crippen molar-refractivity contribution < 1.29 is 22.8 Å². The van der Waals surface area contributed by atoms with Gasteiger partial charge in [0, 0.05) is 17.4 Å². The third kappa shape index (κ3) is 3.78. The van der Waals surface area contributed by atoms with Crippen molar-refractivity contribution >= 4 is 22.7 Å². The second-order valence-electron chi connectivity index (χ2n) is 8.57. The van der Waals surface area contributed by atoms with Crippen molar-refractivity contribution in [2.45, 2.75) is 38.1 Å². The molecule has 0 unspecified atom stereocenters. The van der Waals surface area contributed by atoms with E-state index in [1.54, 1.807) is 12.1 Å². The van der Waals surface area contributed by atoms with Gasteiger partial charge in [0.25, 0.3) is 0 Å². The van der Waals surface area contributed by atoms with Crippen LogP contribution in [0.4, 0.5) is 13.2 Å². The maximum atomic E-state index is 14.4. The molecule has 0 bridgehead atoms. The van der Waals surface area contributed by atoms with Gasteiger partial charge >= 0.3 is 0 Å². The summed E-state index contributed by atoms with van der Waals surface area (Å²) in [5, 5.41) is 3.05. The molecule has 0 radical (unpaired) electrons. The van der Waals surface area contributed by atoms with Crippen molar-refractivity contribution in [3.8, 4) is 11.3 Å². The SMILES string of the molecule is CC(C)(NC(=O)[C@H]1C[C@H](c2c(-c3ccc(F)cc3)[nH]c3c(F)cc(F)cc32)C1)C(N)=O. The van der Waals surface area contributed by atoms with E-state index < -0.39 is 28.9 Å². The molecule has 2 aromatic carbocycles. The fraction of sp³-hybridized carbons (Fsp3) is 0.304. The number of carbonyl (C=O) groups excluding carboxylic acids is 2. The van der Waals surface area contributed by atoms with E-state index in [1.807, 2.05) is 0 Å². The molecule has 1 aliphatic rings. The zero-order chi connectivity index (χ0) is 22.5. The number of amides is 2. The van der Waals surface area contributed by atoms with Crippen molar-refractivity contribution in [1.82, 2.24) is 10.3 Å². The number of benzene rings is 2. The lowest BCUT2D eigenvalue weighted by atomic mass is 9.69. The molecule has 1 heterocycles. The Bertz CT molecular complexity index is 1180. The monoisotopic (exact) mass is 429 g/mol. The molecule has 4 rings (SSSR count). The van der Waals surface area contributed by atoms with Crippen molar-refractivity contribution in [1.29, 1.82) is 0 Å². The van der Waals surface area contributed by atoms with Gasteiger partial charge in [-0.15, -0.1) is 0 Å². The summed E-state index contributed by atoms with van der Waals surface area (Å²) >= 11 is 0. The van der Waals surface area contributed by atoms with E-state index in [-0.39, 0.29) is 23.3 Å². The normalized spacial score (nSPS) is 18.6. The maximum Gasteiger partial charge on any atom is 0.242 e. The van der Waals surface area contributed by atoms with Crippen LogP contribution in [0, 0.1) is 23.4 Å². The summed E-state index contributed by atoms with van der Waals surface area (Å²) < 4.78 is 41.8. The summed E-state index contributed by atoms with van der Waals surface area (Å²) in [7, 11) is 0. The molecule has 0 saturated heterocycles. The van der Waals surface area contributed by atoms with Crippen LogP contribution in [0.25, 0.3) is 22.2 Å². The largest absolute Gasteiger partial charge is 0.368 e. The number of fused-ring (bicyclic) bond motifs is 1. The molecule has 162 valence electrons. The molecule has 0 spiro atoms. The number of nitrogens with two attached hydrogens (primary N) is 1. The fourth-order valence-electron chi connectivity index (χ4n) is 4.05. The fourth-order valence-corrected chi connectivity index (χ4v) is 4.05. The third-order valence-corrected chi connectivity index (χ3v) is 5.97. The number of rotatable bonds is 5. The Morgan fingerprint density at radius 3 is 2.32 bits per heavy atom. The van der Waals surface area contributed by atoms with Gasteiger partial charge in [0.15, 0.2) is 0 Å². The summed E-state index contributed by atoms with van der Waals surface area (Å²) in [4.78, 5) is 27.0. The van der Waals surface area contributed by atoms with E-state index in [0.717, 1.165) is 6.07 Å². The molecule has 2 amide bonds. The quantitative estimate of drug-likeness (QED) is 0.570. The number of nitrogens with one attached hydrogen (secondary N) is 2. The van der Waals surface area contributed by atoms with Gasteiger partial charge in [-0.2, -0.15) is 0 Å². The first-order valence-corrected chi connectivity index (χ1v) is 9.95. The summed E-state index contributed by atoms with van der Waals surface area (Å²) in [5.41, 5.74) is 6.20. The minimum atomic E-state index is -1.17. The maximum absolute atomic E-state index is 14.4. The predicted molar refractivity (Wildman–Crippen MR) is 110 cm³/mol. The molecule has 4 N–H and O–H groups in total. The first-order valence-electron chi connectivity index (χ1n) is 9.95. The van der Waals surface area contributed by atoms with Gasteiger partial charge in [-0.25, -0.2) is 13.2 Å². The predicted octanol–water partition coefficient (Wildman–Crippen LogP) is 4.13. The van der Waals surface area contributed by atoms with Crippen LogP contribution in [0.1, 0.15) is 38.2 Å². The van der Waals surface area contributed by atoms with Gasteiger partial charge < -0.3 is 16.0 Å². The van der Waals surface area contributed by atoms with Gasteiger partial charge in [-0.05, 0) is 74.1 Å². The third-order valence-electron chi connectivity index (χ3n) is 5.97. The highest BCUT2D eigenvalue weighted by atomic mass is 19.1. The number of aromatic amines is 1. The topological polar surface area (TPSA) is 88.0 Å². The first-order chi connectivity index (χ1) is 14.6. The van der Waals surface area contributed by atoms with Crippen molar-refractivity contribution in [2.24, 2.45) is 11.7 Å². The Morgan fingerprint density at radius 2 is 1.71 bits per heavy atom. The van der Waals surface area contributed by atoms with Crippen LogP contribution in [-0.4, -0.2) is 22.3 Å². The Kier molecular flexibility index (Phi) is 5.03. The van der Waals surface area contributed by atoms with E-state index in [9.17, 15) is 22.8 Å². The van der Waals surface area contributed by atoms with E-state index >= 15 is 0 Å². The lowest BCUT2D eigenvalue weighted by Gasteiger charge is -2.37. The summed E-state index contributed by atoms with van der Waals surface area (Å²) in [6.45, 7) is 3.06. The molecule has 0 aliphatic heterocycles. The number of primary amides is 1. The van der Waals surface area contributed by atoms with Crippen LogP contribution in [-0.2, 0) is 9.59 Å². The highest BCUT2D eigenvalue weighted by molar-refractivity contribution is 5.93. The zero-order valence-corrected chi connectivity index (χ0v) is 17.1. The number of H-pyrrole nitrogens is 1. The molecule has 1 saturated carbocycles. The highest BCUT2D eigenvalue weighted by Gasteiger charge is 2.40. The van der Waals surface area contributed by atoms with Crippen LogP contribution in [0.2, 0.25) is 0 Å². The average Bonchev–Trinajstić information content (AvgIpc) is 3.00. The Hall–Kier alpha value is -3.29. The van der Waals surface area contributed by atoms with E-state index in [4.69, 9.17) is 5.73 Å². The second-order valence-corrected chi connectivity index (χ2v) is 8.57. The molecule has 31 heavy (non-hydrogen) atoms. The Labute approximate surface area is 176 Å². The molecule has 3 aromatic rings. The van der Waals surface area contributed by atoms with Crippen LogP contribution in [0.3, 0.4) is 0 Å². The van der Waals surface area contributed by atoms with Gasteiger partial charge in [0.1, 0.15) is 23.0 Å². The van der Waals surface area contributed by atoms with Crippen LogP contribution < -0.4 is 11.1 Å². The van der Waals surface area contributed by atoms with E-state index in [0.29, 0.717) is 35.0 Å². The van der Waals surface area contributed by atoms with E-state index in [1.165, 1.54) is 32.0 Å². The highest BCUT2D eigenvalue weighted by Crippen LogP contribution is 2.48. The Morgan fingerprint density at radius 1 is 1.06 bits per heavy atom. The van der Waals surface area contributed by atoms with Crippen molar-refractivity contribution in [3.05, 3.63) is 59.4 Å². The second kappa shape index (κ2) is 7.44. The molecule has 1 aromatic heterocycles. The van der Waals surface area contributed by atoms with Crippen LogP contribution in [0.5, 0.6) is 0 Å². The number of aromatic nitrogens is 1. The summed E-state index contributed by atoms with van der Waals surface area (Å²) in [6.07, 6.45) is 0.889. The molecule has 0 atom stereocenters. The lowest BCUT2D eigenvalue weighted by molar-refractivity contribution is -0.134. The van der Waals surface area contributed by atoms with E-state index in [2.05, 4.69) is 10.3 Å². The average molecular weight is 429 g/mol. The van der Waals surface area contributed by atoms with Gasteiger partial charge in [0.2, 0.25) is 11.8 Å². The minimum absolute atomic E-state index is 0.137. The number of hydrogen-bond donors (Lipinski definition) is 3. The molecular weight excluding hydrogens is 407 g/mol. The smallest absolute Gasteiger partial charge is 0.242 e. The zero-order valence-electron chi connectivity index (χ0n) is 17.1. The number of hydrogen-bond acceptors (Lipinski definition) is 2. The summed E-state index contributed by atoms with van der Waals surface area (Å²) in [6, 6.07) is 7.79. The van der Waals surface area contributed by atoms with Gasteiger partial charge in [0.05, 0.1) is 11.2 Å².